The van der Waals surface area contributed by atoms with Gasteiger partial charge in [0.05, 0.1) is 12.2 Å². The van der Waals surface area contributed by atoms with Crippen LogP contribution in [0.15, 0.2) is 18.2 Å². The van der Waals surface area contributed by atoms with Gasteiger partial charge in [-0.05, 0) is 31.4 Å². The molecule has 0 aliphatic heterocycles. The van der Waals surface area contributed by atoms with Crippen LogP contribution >= 0.6 is 0 Å². The monoisotopic (exact) mass is 266 g/mol. The fraction of sp³-hybridized carbons (Fsp3) is 0.462. The van der Waals surface area contributed by atoms with Crippen LogP contribution in [0.3, 0.4) is 0 Å². The maximum atomic E-state index is 11.9. The summed E-state index contributed by atoms with van der Waals surface area (Å²) in [7, 11) is 0. The molecule has 19 heavy (non-hydrogen) atoms. The lowest BCUT2D eigenvalue weighted by atomic mass is 10.0. The van der Waals surface area contributed by atoms with Crippen molar-refractivity contribution in [3.63, 3.8) is 0 Å². The zero-order valence-corrected chi connectivity index (χ0v) is 11.1. The molecule has 0 radical (unpaired) electrons. The lowest BCUT2D eigenvalue weighted by molar-refractivity contribution is -0.445. The highest BCUT2D eigenvalue weighted by molar-refractivity contribution is 5.97. The first kappa shape index (κ1) is 14.9. The number of hydrogen-bond donors (Lipinski definition) is 1. The number of nitrogens with zero attached hydrogens (tertiary/aromatic N) is 1. The van der Waals surface area contributed by atoms with Crippen LogP contribution in [0.5, 0.6) is 0 Å². The van der Waals surface area contributed by atoms with Gasteiger partial charge in [0, 0.05) is 0 Å². The highest BCUT2D eigenvalue weighted by Crippen LogP contribution is 2.23. The molecule has 1 aromatic carbocycles. The summed E-state index contributed by atoms with van der Waals surface area (Å²) in [5, 5.41) is 9.89. The molecule has 0 heterocycles. The van der Waals surface area contributed by atoms with Gasteiger partial charge in [0.15, 0.2) is 5.03 Å². The lowest BCUT2D eigenvalue weighted by Gasteiger charge is -2.11. The summed E-state index contributed by atoms with van der Waals surface area (Å²) in [4.78, 5) is 22.5. The zero-order chi connectivity index (χ0) is 14.3. The lowest BCUT2D eigenvalue weighted by Crippen LogP contribution is -2.16. The minimum Gasteiger partial charge on any atom is -0.462 e. The van der Waals surface area contributed by atoms with Crippen molar-refractivity contribution in [2.45, 2.75) is 33.1 Å². The average Bonchev–Trinajstić information content (AvgIpc) is 2.35. The Labute approximate surface area is 111 Å². The summed E-state index contributed by atoms with van der Waals surface area (Å²) in [6, 6.07) is 5.00. The van der Waals surface area contributed by atoms with E-state index in [1.54, 1.807) is 19.1 Å². The molecule has 104 valence electrons. The van der Waals surface area contributed by atoms with E-state index in [4.69, 9.17) is 4.74 Å². The number of carbonyl (C=O) groups is 1. The number of hydrogen-bond acceptors (Lipinski definition) is 4. The van der Waals surface area contributed by atoms with Gasteiger partial charge in [-0.1, -0.05) is 25.5 Å². The third-order valence-corrected chi connectivity index (χ3v) is 2.64. The molecular formula is C13H18N2O4. The van der Waals surface area contributed by atoms with Crippen molar-refractivity contribution in [2.75, 3.05) is 12.0 Å². The van der Waals surface area contributed by atoms with Crippen molar-refractivity contribution >= 4 is 11.7 Å². The van der Waals surface area contributed by atoms with E-state index in [0.29, 0.717) is 6.42 Å². The molecule has 0 spiro atoms. The number of nitro groups is 1. The molecule has 0 amide bonds. The van der Waals surface area contributed by atoms with E-state index in [9.17, 15) is 14.9 Å². The second kappa shape index (κ2) is 7.35. The highest BCUT2D eigenvalue weighted by Gasteiger charge is 2.19. The first-order valence-corrected chi connectivity index (χ1v) is 6.30. The summed E-state index contributed by atoms with van der Waals surface area (Å²) in [6.45, 7) is 3.98. The number of hydrazine groups is 1. The predicted molar refractivity (Wildman–Crippen MR) is 71.6 cm³/mol. The van der Waals surface area contributed by atoms with Crippen LogP contribution in [0, 0.1) is 10.1 Å². The van der Waals surface area contributed by atoms with E-state index in [1.165, 1.54) is 6.07 Å². The summed E-state index contributed by atoms with van der Waals surface area (Å²) in [6.07, 6.45) is 2.58. The number of nitrogens with one attached hydrogen (secondary N) is 1. The number of carbonyl (C=O) groups excluding carboxylic acids is 1. The molecular weight excluding hydrogens is 248 g/mol. The van der Waals surface area contributed by atoms with Gasteiger partial charge in [-0.3, -0.25) is 0 Å². The van der Waals surface area contributed by atoms with Crippen LogP contribution in [0.4, 0.5) is 5.69 Å². The SMILES string of the molecule is CCCCc1cccc(N[N+](=O)[O-])c1C(=O)OCC. The van der Waals surface area contributed by atoms with Crippen LogP contribution in [0.25, 0.3) is 0 Å². The summed E-state index contributed by atoms with van der Waals surface area (Å²) in [5.41, 5.74) is 3.26. The number of ether oxygens (including phenoxy) is 1. The Balaban J connectivity index is 3.14. The Morgan fingerprint density at radius 1 is 1.42 bits per heavy atom. The van der Waals surface area contributed by atoms with E-state index >= 15 is 0 Å². The first-order valence-electron chi connectivity index (χ1n) is 6.30. The molecule has 1 aromatic rings. The standard InChI is InChI=1S/C13H18N2O4/c1-3-5-7-10-8-6-9-11(14-15(17)18)12(10)13(16)19-4-2/h6,8-9,14H,3-5,7H2,1-2H3. The zero-order valence-electron chi connectivity index (χ0n) is 11.1. The fourth-order valence-electron chi connectivity index (χ4n) is 1.81. The van der Waals surface area contributed by atoms with Gasteiger partial charge in [-0.25, -0.2) is 14.9 Å². The Bertz CT molecular complexity index is 460. The number of benzene rings is 1. The summed E-state index contributed by atoms with van der Waals surface area (Å²) < 4.78 is 4.97. The van der Waals surface area contributed by atoms with Gasteiger partial charge in [-0.15, -0.1) is 5.43 Å². The third kappa shape index (κ3) is 4.24. The van der Waals surface area contributed by atoms with Crippen LogP contribution in [0.2, 0.25) is 0 Å². The Kier molecular flexibility index (Phi) is 5.78. The smallest absolute Gasteiger partial charge is 0.340 e. The number of unbranched alkanes of at least 4 members (excludes halogenated alkanes) is 1. The number of anilines is 1. The van der Waals surface area contributed by atoms with Gasteiger partial charge < -0.3 is 4.74 Å². The predicted octanol–water partition coefficient (Wildman–Crippen LogP) is 2.81. The normalized spacial score (nSPS) is 10.0. The van der Waals surface area contributed by atoms with Crippen LogP contribution in [0.1, 0.15) is 42.6 Å². The maximum Gasteiger partial charge on any atom is 0.340 e. The van der Waals surface area contributed by atoms with Crippen molar-refractivity contribution in [2.24, 2.45) is 0 Å². The highest BCUT2D eigenvalue weighted by atomic mass is 16.7. The fourth-order valence-corrected chi connectivity index (χ4v) is 1.81. The summed E-state index contributed by atoms with van der Waals surface area (Å²) >= 11 is 0. The van der Waals surface area contributed by atoms with E-state index < -0.39 is 11.0 Å². The van der Waals surface area contributed by atoms with Gasteiger partial charge in [0.1, 0.15) is 5.69 Å². The molecule has 0 aliphatic rings. The molecule has 0 atom stereocenters. The second-order valence-corrected chi connectivity index (χ2v) is 4.03. The first-order chi connectivity index (χ1) is 9.10. The quantitative estimate of drug-likeness (QED) is 0.466. The van der Waals surface area contributed by atoms with Crippen LogP contribution in [-0.4, -0.2) is 17.6 Å². The van der Waals surface area contributed by atoms with Crippen LogP contribution in [-0.2, 0) is 11.2 Å². The van der Waals surface area contributed by atoms with E-state index in [1.807, 2.05) is 6.92 Å². The molecule has 6 heteroatoms. The molecule has 1 rings (SSSR count). The minimum absolute atomic E-state index is 0.178. The maximum absolute atomic E-state index is 11.9. The van der Waals surface area contributed by atoms with Crippen molar-refractivity contribution in [1.29, 1.82) is 0 Å². The van der Waals surface area contributed by atoms with E-state index in [-0.39, 0.29) is 17.9 Å². The molecule has 0 saturated carbocycles. The number of aryl methyl sites for hydroxylation is 1. The topological polar surface area (TPSA) is 81.5 Å². The minimum atomic E-state index is -0.679. The largest absolute Gasteiger partial charge is 0.462 e. The summed E-state index contributed by atoms with van der Waals surface area (Å²) in [5.74, 6) is -0.529. The average molecular weight is 266 g/mol. The van der Waals surface area contributed by atoms with Gasteiger partial charge in [0.25, 0.3) is 0 Å². The van der Waals surface area contributed by atoms with Gasteiger partial charge in [0.2, 0.25) is 0 Å². The van der Waals surface area contributed by atoms with Gasteiger partial charge >= 0.3 is 5.97 Å². The van der Waals surface area contributed by atoms with Gasteiger partial charge in [-0.2, -0.15) is 0 Å². The Morgan fingerprint density at radius 2 is 2.16 bits per heavy atom. The van der Waals surface area contributed by atoms with Crippen molar-refractivity contribution in [3.05, 3.63) is 39.4 Å². The molecule has 6 nitrogen and oxygen atoms in total. The number of rotatable bonds is 7. The van der Waals surface area contributed by atoms with E-state index in [2.05, 4.69) is 5.43 Å². The molecule has 0 aliphatic carbocycles. The van der Waals surface area contributed by atoms with Crippen molar-refractivity contribution in [1.82, 2.24) is 0 Å². The molecule has 0 aromatic heterocycles. The van der Waals surface area contributed by atoms with Crippen LogP contribution < -0.4 is 5.43 Å². The second-order valence-electron chi connectivity index (χ2n) is 4.03. The molecule has 0 saturated heterocycles. The Hall–Kier alpha value is -2.11. The third-order valence-electron chi connectivity index (χ3n) is 2.64. The number of esters is 1. The Morgan fingerprint density at radius 3 is 2.74 bits per heavy atom. The molecule has 0 unspecified atom stereocenters. The molecule has 1 N–H and O–H groups in total. The molecule has 0 fully saturated rings. The van der Waals surface area contributed by atoms with E-state index in [0.717, 1.165) is 18.4 Å². The molecule has 0 bridgehead atoms. The van der Waals surface area contributed by atoms with Crippen molar-refractivity contribution in [3.8, 4) is 0 Å². The van der Waals surface area contributed by atoms with Crippen molar-refractivity contribution < 1.29 is 14.6 Å².